The van der Waals surface area contributed by atoms with Crippen molar-refractivity contribution in [1.82, 2.24) is 19.5 Å². The molecule has 31 heavy (non-hydrogen) atoms. The number of thiazole rings is 1. The van der Waals surface area contributed by atoms with E-state index in [2.05, 4.69) is 36.8 Å². The number of nitrogens with one attached hydrogen (secondary N) is 1. The molecule has 0 radical (unpaired) electrons. The van der Waals surface area contributed by atoms with Gasteiger partial charge in [-0.2, -0.15) is 0 Å². The van der Waals surface area contributed by atoms with Crippen molar-refractivity contribution in [2.24, 2.45) is 0 Å². The van der Waals surface area contributed by atoms with Crippen LogP contribution in [-0.2, 0) is 5.41 Å². The Balaban J connectivity index is 1.79. The van der Waals surface area contributed by atoms with Gasteiger partial charge in [0.25, 0.3) is 0 Å². The first-order valence-electron chi connectivity index (χ1n) is 10.2. The molecule has 4 heterocycles. The van der Waals surface area contributed by atoms with E-state index in [9.17, 15) is 0 Å². The number of rotatable bonds is 3. The van der Waals surface area contributed by atoms with Gasteiger partial charge in [0.2, 0.25) is 0 Å². The van der Waals surface area contributed by atoms with E-state index in [-0.39, 0.29) is 11.2 Å². The van der Waals surface area contributed by atoms with Crippen LogP contribution in [0.4, 0.5) is 4.39 Å². The number of aryl methyl sites for hydroxylation is 1. The molecule has 0 unspecified atom stereocenters. The Kier molecular flexibility index (Phi) is 4.55. The predicted molar refractivity (Wildman–Crippen MR) is 125 cm³/mol. The van der Waals surface area contributed by atoms with Gasteiger partial charge >= 0.3 is 0 Å². The molecule has 1 aromatic carbocycles. The van der Waals surface area contributed by atoms with Crippen LogP contribution < -0.4 is 0 Å². The summed E-state index contributed by atoms with van der Waals surface area (Å²) in [6, 6.07) is 13.3. The normalized spacial score (nSPS) is 12.0. The van der Waals surface area contributed by atoms with Crippen LogP contribution in [0.25, 0.3) is 38.4 Å². The summed E-state index contributed by atoms with van der Waals surface area (Å²) in [4.78, 5) is 13.7. The Morgan fingerprint density at radius 2 is 1.81 bits per heavy atom. The van der Waals surface area contributed by atoms with Crippen LogP contribution >= 0.6 is 11.3 Å². The first kappa shape index (κ1) is 19.7. The molecule has 156 valence electrons. The highest BCUT2D eigenvalue weighted by molar-refractivity contribution is 7.16. The zero-order valence-electron chi connectivity index (χ0n) is 17.9. The topological polar surface area (TPSA) is 46.5 Å². The number of pyridine rings is 1. The van der Waals surface area contributed by atoms with Gasteiger partial charge in [-0.3, -0.25) is 0 Å². The van der Waals surface area contributed by atoms with Crippen molar-refractivity contribution >= 4 is 22.4 Å². The van der Waals surface area contributed by atoms with Crippen molar-refractivity contribution in [2.75, 3.05) is 0 Å². The van der Waals surface area contributed by atoms with Crippen molar-refractivity contribution in [3.63, 3.8) is 0 Å². The third-order valence-corrected chi connectivity index (χ3v) is 6.81. The van der Waals surface area contributed by atoms with Gasteiger partial charge in [-0.05, 0) is 43.3 Å². The molecule has 4 nitrogen and oxygen atoms in total. The van der Waals surface area contributed by atoms with E-state index in [0.717, 1.165) is 32.2 Å². The van der Waals surface area contributed by atoms with Crippen LogP contribution in [0.2, 0.25) is 0 Å². The third kappa shape index (κ3) is 3.37. The largest absolute Gasteiger partial charge is 0.344 e. The molecule has 0 amide bonds. The van der Waals surface area contributed by atoms with E-state index in [0.29, 0.717) is 16.9 Å². The number of fused-ring (bicyclic) bond motifs is 1. The number of aromatic amines is 1. The second-order valence-electron chi connectivity index (χ2n) is 8.75. The molecule has 0 aliphatic carbocycles. The van der Waals surface area contributed by atoms with E-state index in [4.69, 9.17) is 4.98 Å². The van der Waals surface area contributed by atoms with Crippen LogP contribution in [0.3, 0.4) is 0 Å². The van der Waals surface area contributed by atoms with Gasteiger partial charge in [-0.25, -0.2) is 14.4 Å². The lowest BCUT2D eigenvalue weighted by Gasteiger charge is -2.13. The molecule has 0 bridgehead atoms. The van der Waals surface area contributed by atoms with Crippen molar-refractivity contribution < 1.29 is 4.39 Å². The summed E-state index contributed by atoms with van der Waals surface area (Å²) in [6.45, 7) is 8.41. The van der Waals surface area contributed by atoms with Crippen LogP contribution in [0.15, 0.2) is 61.1 Å². The molecular weight excluding hydrogens is 407 g/mol. The minimum Gasteiger partial charge on any atom is -0.344 e. The Hall–Kier alpha value is -3.25. The lowest BCUT2D eigenvalue weighted by atomic mass is 9.98. The zero-order chi connectivity index (χ0) is 21.8. The SMILES string of the molecule is Cc1cc2c(-c3sc(C(C)(C)C)nc3-c3cccc(-n4cccc4)c3F)ccnc2[nH]1. The minimum atomic E-state index is -0.277. The molecule has 5 rings (SSSR count). The Morgan fingerprint density at radius 1 is 1.03 bits per heavy atom. The summed E-state index contributed by atoms with van der Waals surface area (Å²) in [7, 11) is 0. The highest BCUT2D eigenvalue weighted by Crippen LogP contribution is 2.44. The Bertz CT molecular complexity index is 1390. The minimum absolute atomic E-state index is 0.146. The standard InChI is InChI=1S/C25H23FN4S/c1-15-14-18-16(10-11-27-23(18)28-15)22-21(29-24(31-22)25(2,3)4)17-8-7-9-19(20(17)26)30-12-5-6-13-30/h5-14H,1-4H3,(H,27,28). The zero-order valence-corrected chi connectivity index (χ0v) is 18.7. The molecule has 0 saturated carbocycles. The summed E-state index contributed by atoms with van der Waals surface area (Å²) in [5.74, 6) is -0.277. The van der Waals surface area contributed by atoms with Crippen molar-refractivity contribution in [2.45, 2.75) is 33.1 Å². The summed E-state index contributed by atoms with van der Waals surface area (Å²) in [5.41, 5.74) is 4.43. The number of hydrogen-bond donors (Lipinski definition) is 1. The number of H-pyrrole nitrogens is 1. The number of aromatic nitrogens is 4. The number of benzene rings is 1. The fourth-order valence-electron chi connectivity index (χ4n) is 3.76. The van der Waals surface area contributed by atoms with E-state index < -0.39 is 0 Å². The smallest absolute Gasteiger partial charge is 0.156 e. The fraction of sp³-hybridized carbons (Fsp3) is 0.200. The van der Waals surface area contributed by atoms with E-state index >= 15 is 4.39 Å². The Labute approximate surface area is 184 Å². The van der Waals surface area contributed by atoms with Gasteiger partial charge in [-0.15, -0.1) is 11.3 Å². The second kappa shape index (κ2) is 7.17. The van der Waals surface area contributed by atoms with E-state index in [1.807, 2.05) is 49.6 Å². The van der Waals surface area contributed by atoms with Crippen LogP contribution in [0, 0.1) is 12.7 Å². The van der Waals surface area contributed by atoms with Crippen molar-refractivity contribution in [1.29, 1.82) is 0 Å². The van der Waals surface area contributed by atoms with E-state index in [1.54, 1.807) is 28.2 Å². The fourth-order valence-corrected chi connectivity index (χ4v) is 4.94. The molecule has 5 aromatic rings. The molecular formula is C25H23FN4S. The molecule has 0 aliphatic heterocycles. The molecule has 4 aromatic heterocycles. The van der Waals surface area contributed by atoms with Gasteiger partial charge in [0.1, 0.15) is 5.65 Å². The maximum atomic E-state index is 15.8. The second-order valence-corrected chi connectivity index (χ2v) is 9.75. The van der Waals surface area contributed by atoms with Gasteiger partial charge in [0, 0.05) is 46.2 Å². The summed E-state index contributed by atoms with van der Waals surface area (Å²) in [5, 5.41) is 1.99. The van der Waals surface area contributed by atoms with Gasteiger partial charge in [0.05, 0.1) is 21.3 Å². The highest BCUT2D eigenvalue weighted by Gasteiger charge is 2.26. The van der Waals surface area contributed by atoms with Crippen molar-refractivity contribution in [3.05, 3.63) is 77.6 Å². The quantitative estimate of drug-likeness (QED) is 0.339. The number of nitrogens with zero attached hydrogens (tertiary/aromatic N) is 3. The number of hydrogen-bond acceptors (Lipinski definition) is 3. The van der Waals surface area contributed by atoms with Crippen LogP contribution in [-0.4, -0.2) is 19.5 Å². The Morgan fingerprint density at radius 3 is 2.55 bits per heavy atom. The first-order chi connectivity index (χ1) is 14.8. The third-order valence-electron chi connectivity index (χ3n) is 5.30. The van der Waals surface area contributed by atoms with Crippen molar-refractivity contribution in [3.8, 4) is 27.4 Å². The van der Waals surface area contributed by atoms with Gasteiger partial charge in [-0.1, -0.05) is 26.8 Å². The van der Waals surface area contributed by atoms with Gasteiger partial charge < -0.3 is 9.55 Å². The summed E-state index contributed by atoms with van der Waals surface area (Å²) in [6.07, 6.45) is 5.49. The monoisotopic (exact) mass is 430 g/mol. The average Bonchev–Trinajstić information content (AvgIpc) is 3.46. The molecule has 0 spiro atoms. The lowest BCUT2D eigenvalue weighted by Crippen LogP contribution is -2.10. The highest BCUT2D eigenvalue weighted by atomic mass is 32.1. The van der Waals surface area contributed by atoms with E-state index in [1.165, 1.54) is 0 Å². The molecule has 0 fully saturated rings. The summed E-state index contributed by atoms with van der Waals surface area (Å²) < 4.78 is 17.6. The van der Waals surface area contributed by atoms with Gasteiger partial charge in [0.15, 0.2) is 5.82 Å². The number of halogens is 1. The molecule has 0 atom stereocenters. The molecule has 0 saturated heterocycles. The predicted octanol–water partition coefficient (Wildman–Crippen LogP) is 6.89. The maximum absolute atomic E-state index is 15.8. The molecule has 0 aliphatic rings. The average molecular weight is 431 g/mol. The van der Waals surface area contributed by atoms with Crippen LogP contribution in [0.5, 0.6) is 0 Å². The van der Waals surface area contributed by atoms with Crippen LogP contribution in [0.1, 0.15) is 31.5 Å². The first-order valence-corrected chi connectivity index (χ1v) is 11.0. The summed E-state index contributed by atoms with van der Waals surface area (Å²) >= 11 is 1.62. The maximum Gasteiger partial charge on any atom is 0.156 e. The molecule has 1 N–H and O–H groups in total. The lowest BCUT2D eigenvalue weighted by molar-refractivity contribution is 0.585. The molecule has 6 heteroatoms.